The number of benzene rings is 2. The van der Waals surface area contributed by atoms with E-state index in [2.05, 4.69) is 17.2 Å². The molecule has 0 radical (unpaired) electrons. The van der Waals surface area contributed by atoms with Crippen molar-refractivity contribution in [3.63, 3.8) is 0 Å². The summed E-state index contributed by atoms with van der Waals surface area (Å²) in [5, 5.41) is 13.1. The van der Waals surface area contributed by atoms with Gasteiger partial charge in [0.1, 0.15) is 0 Å². The van der Waals surface area contributed by atoms with Gasteiger partial charge < -0.3 is 5.32 Å². The number of rotatable bonds is 5. The Hall–Kier alpha value is -2.99. The lowest BCUT2D eigenvalue weighted by Crippen LogP contribution is -2.25. The molecule has 1 N–H and O–H groups in total. The van der Waals surface area contributed by atoms with Gasteiger partial charge >= 0.3 is 6.18 Å². The molecule has 0 fully saturated rings. The number of nitro groups is 1. The summed E-state index contributed by atoms with van der Waals surface area (Å²) in [4.78, 5) is 22.5. The average molecular weight is 394 g/mol. The van der Waals surface area contributed by atoms with E-state index in [1.807, 2.05) is 0 Å². The minimum Gasteiger partial charge on any atom is -0.344 e. The monoisotopic (exact) mass is 394 g/mol. The van der Waals surface area contributed by atoms with Crippen LogP contribution in [0.3, 0.4) is 0 Å². The van der Waals surface area contributed by atoms with E-state index in [-0.39, 0.29) is 29.5 Å². The van der Waals surface area contributed by atoms with Crippen LogP contribution in [0, 0.1) is 22.0 Å². The van der Waals surface area contributed by atoms with Gasteiger partial charge in [-0.1, -0.05) is 17.9 Å². The van der Waals surface area contributed by atoms with Crippen molar-refractivity contribution in [1.29, 1.82) is 0 Å². The van der Waals surface area contributed by atoms with Crippen molar-refractivity contribution < 1.29 is 22.9 Å². The van der Waals surface area contributed by atoms with Crippen molar-refractivity contribution in [2.75, 3.05) is 12.3 Å². The number of amides is 1. The second kappa shape index (κ2) is 9.09. The van der Waals surface area contributed by atoms with Gasteiger partial charge in [0.15, 0.2) is 0 Å². The predicted octanol–water partition coefficient (Wildman–Crippen LogP) is 3.87. The number of non-ortho nitro benzene ring substituents is 1. The molecule has 2 rings (SSSR count). The number of nitrogens with one attached hydrogen (secondary N) is 1. The first-order valence-electron chi connectivity index (χ1n) is 7.56. The fourth-order valence-corrected chi connectivity index (χ4v) is 2.65. The zero-order valence-electron chi connectivity index (χ0n) is 13.7. The number of thioether (sulfide) groups is 1. The van der Waals surface area contributed by atoms with Gasteiger partial charge in [0.05, 0.1) is 22.8 Å². The van der Waals surface area contributed by atoms with Gasteiger partial charge in [-0.15, -0.1) is 11.8 Å². The van der Waals surface area contributed by atoms with Gasteiger partial charge in [-0.2, -0.15) is 13.2 Å². The highest BCUT2D eigenvalue weighted by atomic mass is 32.2. The maximum atomic E-state index is 12.6. The van der Waals surface area contributed by atoms with Crippen LogP contribution in [-0.2, 0) is 11.0 Å². The molecule has 0 aliphatic carbocycles. The van der Waals surface area contributed by atoms with E-state index in [9.17, 15) is 28.1 Å². The lowest BCUT2D eigenvalue weighted by Gasteiger charge is -2.05. The molecular formula is C18H13F3N2O3S. The fourth-order valence-electron chi connectivity index (χ4n) is 1.93. The third-order valence-electron chi connectivity index (χ3n) is 3.21. The second-order valence-electron chi connectivity index (χ2n) is 5.20. The summed E-state index contributed by atoms with van der Waals surface area (Å²) in [6.07, 6.45) is -4.43. The maximum absolute atomic E-state index is 12.6. The van der Waals surface area contributed by atoms with Crippen LogP contribution in [0.25, 0.3) is 0 Å². The van der Waals surface area contributed by atoms with E-state index < -0.39 is 16.7 Å². The molecule has 0 aromatic heterocycles. The third kappa shape index (κ3) is 6.67. The van der Waals surface area contributed by atoms with Crippen molar-refractivity contribution >= 4 is 23.4 Å². The molecule has 0 aliphatic rings. The number of nitrogens with zero attached hydrogens (tertiary/aromatic N) is 1. The zero-order valence-corrected chi connectivity index (χ0v) is 14.6. The van der Waals surface area contributed by atoms with E-state index in [0.29, 0.717) is 4.90 Å². The summed E-state index contributed by atoms with van der Waals surface area (Å²) >= 11 is 1.20. The zero-order chi connectivity index (χ0) is 19.9. The van der Waals surface area contributed by atoms with E-state index in [4.69, 9.17) is 0 Å². The van der Waals surface area contributed by atoms with Gasteiger partial charge in [0.2, 0.25) is 5.91 Å². The molecule has 9 heteroatoms. The Kier molecular flexibility index (Phi) is 6.85. The number of halogens is 3. The fraction of sp³-hybridized carbons (Fsp3) is 0.167. The highest BCUT2D eigenvalue weighted by molar-refractivity contribution is 8.00. The standard InChI is InChI=1S/C18H13F3N2O3S/c19-18(20,21)14-5-1-3-13(11-14)4-2-10-22-17(24)12-27-16-8-6-15(7-9-16)23(25)26/h1,3,5-9,11H,10,12H2,(H,22,24). The van der Waals surface area contributed by atoms with Crippen molar-refractivity contribution in [1.82, 2.24) is 5.32 Å². The molecule has 140 valence electrons. The Morgan fingerprint density at radius 1 is 1.19 bits per heavy atom. The summed E-state index contributed by atoms with van der Waals surface area (Å²) in [6.45, 7) is -0.00407. The largest absolute Gasteiger partial charge is 0.416 e. The van der Waals surface area contributed by atoms with Gasteiger partial charge in [-0.3, -0.25) is 14.9 Å². The molecule has 1 amide bonds. The van der Waals surface area contributed by atoms with Crippen LogP contribution in [0.2, 0.25) is 0 Å². The van der Waals surface area contributed by atoms with Crippen LogP contribution in [-0.4, -0.2) is 23.1 Å². The van der Waals surface area contributed by atoms with E-state index in [0.717, 1.165) is 12.1 Å². The Bertz CT molecular complexity index is 887. The highest BCUT2D eigenvalue weighted by Gasteiger charge is 2.30. The number of alkyl halides is 3. The molecule has 0 atom stereocenters. The number of hydrogen-bond acceptors (Lipinski definition) is 4. The van der Waals surface area contributed by atoms with Gasteiger partial charge in [-0.05, 0) is 30.3 Å². The van der Waals surface area contributed by atoms with Crippen molar-refractivity contribution in [3.8, 4) is 11.8 Å². The number of carbonyl (C=O) groups excluding carboxylic acids is 1. The molecule has 0 saturated carbocycles. The Balaban J connectivity index is 1.80. The Morgan fingerprint density at radius 2 is 1.89 bits per heavy atom. The molecule has 2 aromatic rings. The summed E-state index contributed by atoms with van der Waals surface area (Å²) in [5.41, 5.74) is -0.606. The maximum Gasteiger partial charge on any atom is 0.416 e. The molecule has 0 heterocycles. The summed E-state index contributed by atoms with van der Waals surface area (Å²) in [5.74, 6) is 4.94. The average Bonchev–Trinajstić information content (AvgIpc) is 2.63. The predicted molar refractivity (Wildman–Crippen MR) is 95.2 cm³/mol. The van der Waals surface area contributed by atoms with E-state index in [1.165, 1.54) is 36.0 Å². The van der Waals surface area contributed by atoms with E-state index >= 15 is 0 Å². The topological polar surface area (TPSA) is 72.2 Å². The molecular weight excluding hydrogens is 381 g/mol. The third-order valence-corrected chi connectivity index (χ3v) is 4.23. The molecule has 2 aromatic carbocycles. The molecule has 0 aliphatic heterocycles. The summed E-state index contributed by atoms with van der Waals surface area (Å²) in [6, 6.07) is 10.4. The van der Waals surface area contributed by atoms with Crippen LogP contribution < -0.4 is 5.32 Å². The molecule has 27 heavy (non-hydrogen) atoms. The minimum atomic E-state index is -4.43. The van der Waals surface area contributed by atoms with Crippen LogP contribution >= 0.6 is 11.8 Å². The van der Waals surface area contributed by atoms with Crippen LogP contribution in [0.4, 0.5) is 18.9 Å². The van der Waals surface area contributed by atoms with Crippen LogP contribution in [0.5, 0.6) is 0 Å². The molecule has 0 bridgehead atoms. The van der Waals surface area contributed by atoms with Crippen molar-refractivity contribution in [2.24, 2.45) is 0 Å². The van der Waals surface area contributed by atoms with Gasteiger partial charge in [0.25, 0.3) is 5.69 Å². The van der Waals surface area contributed by atoms with Crippen molar-refractivity contribution in [2.45, 2.75) is 11.1 Å². The first kappa shape index (κ1) is 20.3. The molecule has 0 unspecified atom stereocenters. The SMILES string of the molecule is O=C(CSc1ccc([N+](=O)[O-])cc1)NCC#Cc1cccc(C(F)(F)F)c1. The first-order chi connectivity index (χ1) is 12.8. The first-order valence-corrected chi connectivity index (χ1v) is 8.54. The normalized spacial score (nSPS) is 10.6. The minimum absolute atomic E-state index is 0.00407. The lowest BCUT2D eigenvalue weighted by atomic mass is 10.1. The van der Waals surface area contributed by atoms with Crippen molar-refractivity contribution in [3.05, 3.63) is 69.8 Å². The molecule has 5 nitrogen and oxygen atoms in total. The molecule has 0 spiro atoms. The van der Waals surface area contributed by atoms with Crippen LogP contribution in [0.1, 0.15) is 11.1 Å². The summed E-state index contributed by atoms with van der Waals surface area (Å²) in [7, 11) is 0. The number of nitro benzene ring substituents is 1. The molecule has 0 saturated heterocycles. The van der Waals surface area contributed by atoms with Gasteiger partial charge in [0, 0.05) is 22.6 Å². The Labute approximate surface area is 157 Å². The second-order valence-corrected chi connectivity index (χ2v) is 6.25. The number of carbonyl (C=O) groups is 1. The highest BCUT2D eigenvalue weighted by Crippen LogP contribution is 2.29. The quantitative estimate of drug-likeness (QED) is 0.362. The van der Waals surface area contributed by atoms with Crippen LogP contribution in [0.15, 0.2) is 53.4 Å². The van der Waals surface area contributed by atoms with Gasteiger partial charge in [-0.25, -0.2) is 0 Å². The van der Waals surface area contributed by atoms with E-state index in [1.54, 1.807) is 12.1 Å². The smallest absolute Gasteiger partial charge is 0.344 e. The number of hydrogen-bond donors (Lipinski definition) is 1. The Morgan fingerprint density at radius 3 is 2.52 bits per heavy atom. The lowest BCUT2D eigenvalue weighted by molar-refractivity contribution is -0.384. The summed E-state index contributed by atoms with van der Waals surface area (Å²) < 4.78 is 37.8.